The van der Waals surface area contributed by atoms with E-state index in [0.29, 0.717) is 137 Å². The highest BCUT2D eigenvalue weighted by Crippen LogP contribution is 2.37. The standard InChI is InChI=1S/C44H61F3N2O17/c1-53-8-9-54-10-11-55-12-13-56-14-15-57-16-17-58-18-19-59-20-21-60-22-23-61-24-25-62-26-27-63-28-29-64-43(52)65-33-36-32-49(42(51)66-36)35-7-6-34-30-40(48-41(50)38(34)31-35)37-4-2-3-5-39(37)44(45,46)47/h2-7,30-31,36H,8-29,32-33H2,1H3,(H,48,50)/t36-/m0/s1. The smallest absolute Gasteiger partial charge is 0.440 e. The fourth-order valence-electron chi connectivity index (χ4n) is 5.96. The Kier molecular flexibility index (Phi) is 26.5. The average molecular weight is 947 g/mol. The van der Waals surface area contributed by atoms with Crippen molar-refractivity contribution in [3.8, 4) is 11.3 Å². The molecule has 22 heteroatoms. The number of anilines is 1. The molecule has 0 spiro atoms. The molecule has 3 aromatic rings. The van der Waals surface area contributed by atoms with E-state index < -0.39 is 35.7 Å². The molecule has 1 amide bonds. The maximum atomic E-state index is 13.6. The van der Waals surface area contributed by atoms with Crippen LogP contribution in [0.25, 0.3) is 22.0 Å². The number of pyridine rings is 1. The number of alkyl halides is 3. The second-order valence-corrected chi connectivity index (χ2v) is 14.0. The van der Waals surface area contributed by atoms with Gasteiger partial charge in [0.05, 0.1) is 151 Å². The Morgan fingerprint density at radius 2 is 1.08 bits per heavy atom. The quantitative estimate of drug-likeness (QED) is 0.0625. The molecule has 1 aliphatic rings. The van der Waals surface area contributed by atoms with Crippen LogP contribution in [0, 0.1) is 0 Å². The summed E-state index contributed by atoms with van der Waals surface area (Å²) < 4.78 is 115. The molecule has 1 aliphatic heterocycles. The number of rotatable bonds is 37. The molecule has 1 N–H and O–H groups in total. The van der Waals surface area contributed by atoms with Gasteiger partial charge in [0.15, 0.2) is 6.10 Å². The highest BCUT2D eigenvalue weighted by Gasteiger charge is 2.35. The molecule has 2 aromatic carbocycles. The highest BCUT2D eigenvalue weighted by molar-refractivity contribution is 5.94. The van der Waals surface area contributed by atoms with Crippen molar-refractivity contribution >= 4 is 28.7 Å². The zero-order chi connectivity index (χ0) is 47.1. The van der Waals surface area contributed by atoms with Gasteiger partial charge < -0.3 is 71.3 Å². The lowest BCUT2D eigenvalue weighted by Crippen LogP contribution is -2.27. The number of benzene rings is 2. The molecular weight excluding hydrogens is 885 g/mol. The van der Waals surface area contributed by atoms with Crippen molar-refractivity contribution in [2.75, 3.05) is 171 Å². The predicted octanol–water partition coefficient (Wildman–Crippen LogP) is 4.50. The first kappa shape index (κ1) is 54.1. The fourth-order valence-corrected chi connectivity index (χ4v) is 5.96. The van der Waals surface area contributed by atoms with Crippen molar-refractivity contribution in [3.05, 3.63) is 64.4 Å². The van der Waals surface area contributed by atoms with Gasteiger partial charge in [0.2, 0.25) is 0 Å². The van der Waals surface area contributed by atoms with Gasteiger partial charge in [-0.05, 0) is 29.7 Å². The van der Waals surface area contributed by atoms with E-state index in [9.17, 15) is 27.6 Å². The van der Waals surface area contributed by atoms with Gasteiger partial charge >= 0.3 is 18.4 Å². The molecule has 1 atom stereocenters. The number of aromatic nitrogens is 1. The lowest BCUT2D eigenvalue weighted by atomic mass is 10.0. The Labute approximate surface area is 380 Å². The number of cyclic esters (lactones) is 1. The number of hydrogen-bond acceptors (Lipinski definition) is 17. The first-order valence-corrected chi connectivity index (χ1v) is 21.5. The van der Waals surface area contributed by atoms with Crippen molar-refractivity contribution in [3.63, 3.8) is 0 Å². The first-order valence-electron chi connectivity index (χ1n) is 21.5. The largest absolute Gasteiger partial charge is 0.508 e. The van der Waals surface area contributed by atoms with Crippen molar-refractivity contribution in [2.45, 2.75) is 12.3 Å². The van der Waals surface area contributed by atoms with Crippen LogP contribution >= 0.6 is 0 Å². The van der Waals surface area contributed by atoms with E-state index in [0.717, 1.165) is 6.07 Å². The molecule has 1 aromatic heterocycles. The first-order chi connectivity index (χ1) is 32.2. The lowest BCUT2D eigenvalue weighted by Gasteiger charge is -2.15. The summed E-state index contributed by atoms with van der Waals surface area (Å²) in [7, 11) is 1.63. The number of aromatic amines is 1. The number of fused-ring (bicyclic) bond motifs is 1. The zero-order valence-corrected chi connectivity index (χ0v) is 37.2. The molecule has 1 fully saturated rings. The summed E-state index contributed by atoms with van der Waals surface area (Å²) in [6, 6.07) is 10.9. The van der Waals surface area contributed by atoms with Crippen molar-refractivity contribution in [1.82, 2.24) is 4.98 Å². The molecule has 0 aliphatic carbocycles. The number of hydrogen-bond donors (Lipinski definition) is 1. The summed E-state index contributed by atoms with van der Waals surface area (Å²) in [5.74, 6) is 0. The van der Waals surface area contributed by atoms with E-state index in [1.807, 2.05) is 0 Å². The minimum Gasteiger partial charge on any atom is -0.440 e. The van der Waals surface area contributed by atoms with Crippen molar-refractivity contribution < 1.29 is 89.1 Å². The molecule has 370 valence electrons. The van der Waals surface area contributed by atoms with E-state index in [-0.39, 0.29) is 49.6 Å². The number of halogens is 3. The average Bonchev–Trinajstić information content (AvgIpc) is 3.69. The van der Waals surface area contributed by atoms with Crippen molar-refractivity contribution in [1.29, 1.82) is 0 Å². The molecule has 2 heterocycles. The number of H-pyrrole nitrogens is 1. The number of carbonyl (C=O) groups excluding carboxylic acids is 2. The summed E-state index contributed by atoms with van der Waals surface area (Å²) >= 11 is 0. The summed E-state index contributed by atoms with van der Waals surface area (Å²) in [5, 5.41) is 0.525. The molecule has 0 saturated carbocycles. The molecule has 4 rings (SSSR count). The van der Waals surface area contributed by atoms with Gasteiger partial charge in [-0.2, -0.15) is 13.2 Å². The molecule has 19 nitrogen and oxygen atoms in total. The molecule has 0 radical (unpaired) electrons. The Bertz CT molecular complexity index is 1870. The molecular formula is C44H61F3N2O17. The normalized spacial score (nSPS) is 14.0. The lowest BCUT2D eigenvalue weighted by molar-refractivity contribution is -0.137. The van der Waals surface area contributed by atoms with Gasteiger partial charge in [0, 0.05) is 29.4 Å². The van der Waals surface area contributed by atoms with Crippen LogP contribution in [0.2, 0.25) is 0 Å². The second kappa shape index (κ2) is 32.3. The summed E-state index contributed by atoms with van der Waals surface area (Å²) in [4.78, 5) is 41.4. The third kappa shape index (κ3) is 21.4. The van der Waals surface area contributed by atoms with Gasteiger partial charge in [-0.1, -0.05) is 24.3 Å². The summed E-state index contributed by atoms with van der Waals surface area (Å²) in [6.45, 7) is 8.79. The van der Waals surface area contributed by atoms with Crippen LogP contribution in [-0.2, 0) is 72.5 Å². The monoisotopic (exact) mass is 946 g/mol. The Hall–Kier alpha value is -4.46. The van der Waals surface area contributed by atoms with Crippen LogP contribution in [0.3, 0.4) is 0 Å². The third-order valence-corrected chi connectivity index (χ3v) is 9.15. The van der Waals surface area contributed by atoms with Crippen LogP contribution in [0.15, 0.2) is 53.3 Å². The van der Waals surface area contributed by atoms with E-state index in [4.69, 9.17) is 66.3 Å². The van der Waals surface area contributed by atoms with Gasteiger partial charge in [-0.3, -0.25) is 9.69 Å². The van der Waals surface area contributed by atoms with Gasteiger partial charge in [0.25, 0.3) is 5.56 Å². The van der Waals surface area contributed by atoms with Gasteiger partial charge in [0.1, 0.15) is 13.2 Å². The molecule has 0 bridgehead atoms. The van der Waals surface area contributed by atoms with E-state index in [2.05, 4.69) is 4.98 Å². The zero-order valence-electron chi connectivity index (χ0n) is 37.2. The van der Waals surface area contributed by atoms with Crippen LogP contribution in [-0.4, -0.2) is 189 Å². The maximum Gasteiger partial charge on any atom is 0.508 e. The van der Waals surface area contributed by atoms with E-state index in [1.54, 1.807) is 13.2 Å². The van der Waals surface area contributed by atoms with Gasteiger partial charge in [-0.25, -0.2) is 9.59 Å². The Morgan fingerprint density at radius 1 is 0.621 bits per heavy atom. The molecule has 0 unspecified atom stereocenters. The highest BCUT2D eigenvalue weighted by atomic mass is 19.4. The number of methoxy groups -OCH3 is 1. The summed E-state index contributed by atoms with van der Waals surface area (Å²) in [5.41, 5.74) is -1.37. The van der Waals surface area contributed by atoms with Crippen LogP contribution in [0.4, 0.5) is 28.4 Å². The Balaban J connectivity index is 0.894. The molecule has 66 heavy (non-hydrogen) atoms. The number of nitrogens with zero attached hydrogens (tertiary/aromatic N) is 1. The van der Waals surface area contributed by atoms with Crippen LogP contribution in [0.5, 0.6) is 0 Å². The van der Waals surface area contributed by atoms with Crippen LogP contribution in [0.1, 0.15) is 5.56 Å². The van der Waals surface area contributed by atoms with E-state index in [1.165, 1.54) is 41.3 Å². The SMILES string of the molecule is COCCOCCOCCOCCOCCOCCOCCOCCOCCOCCOCCOC(=O)OC[C@@H]1CN(c2ccc3cc(-c4ccccc4C(F)(F)F)[nH]c(=O)c3c2)C(=O)O1. The van der Waals surface area contributed by atoms with Crippen LogP contribution < -0.4 is 10.5 Å². The minimum absolute atomic E-state index is 0.000540. The number of nitrogens with one attached hydrogen (secondary N) is 1. The minimum atomic E-state index is -4.62. The predicted molar refractivity (Wildman–Crippen MR) is 230 cm³/mol. The van der Waals surface area contributed by atoms with Crippen molar-refractivity contribution in [2.24, 2.45) is 0 Å². The Morgan fingerprint density at radius 3 is 1.55 bits per heavy atom. The maximum absolute atomic E-state index is 13.6. The third-order valence-electron chi connectivity index (χ3n) is 9.15. The topological polar surface area (TPSA) is 199 Å². The van der Waals surface area contributed by atoms with E-state index >= 15 is 0 Å². The summed E-state index contributed by atoms with van der Waals surface area (Å²) in [6.07, 6.45) is -7.15. The molecule has 1 saturated heterocycles. The van der Waals surface area contributed by atoms with Gasteiger partial charge in [-0.15, -0.1) is 0 Å². The second-order valence-electron chi connectivity index (χ2n) is 14.0. The fraction of sp³-hybridized carbons (Fsp3) is 0.614. The number of ether oxygens (including phenoxy) is 14. The number of carbonyl (C=O) groups is 2. The number of amides is 1.